The summed E-state index contributed by atoms with van der Waals surface area (Å²) in [7, 11) is 0. The lowest BCUT2D eigenvalue weighted by atomic mass is 10.1. The van der Waals surface area contributed by atoms with Gasteiger partial charge in [-0.2, -0.15) is 0 Å². The van der Waals surface area contributed by atoms with Crippen molar-refractivity contribution in [3.63, 3.8) is 0 Å². The van der Waals surface area contributed by atoms with Gasteiger partial charge < -0.3 is 14.8 Å². The quantitative estimate of drug-likeness (QED) is 0.911. The van der Waals surface area contributed by atoms with E-state index in [1.807, 2.05) is 24.3 Å². The van der Waals surface area contributed by atoms with Crippen molar-refractivity contribution in [2.24, 2.45) is 0 Å². The lowest BCUT2D eigenvalue weighted by Gasteiger charge is -2.19. The van der Waals surface area contributed by atoms with Crippen molar-refractivity contribution >= 4 is 15.9 Å². The van der Waals surface area contributed by atoms with Crippen LogP contribution < -0.4 is 14.8 Å². The Kier molecular flexibility index (Phi) is 4.41. The highest BCUT2D eigenvalue weighted by molar-refractivity contribution is 9.10. The molecule has 5 heteroatoms. The molecule has 0 spiro atoms. The number of fused-ring (bicyclic) bond motifs is 1. The van der Waals surface area contributed by atoms with Gasteiger partial charge in [0, 0.05) is 13.1 Å². The van der Waals surface area contributed by atoms with Crippen molar-refractivity contribution < 1.29 is 13.9 Å². The summed E-state index contributed by atoms with van der Waals surface area (Å²) in [6.07, 6.45) is 0. The van der Waals surface area contributed by atoms with Gasteiger partial charge in [0.15, 0.2) is 11.5 Å². The van der Waals surface area contributed by atoms with Gasteiger partial charge in [-0.1, -0.05) is 12.1 Å². The lowest BCUT2D eigenvalue weighted by molar-refractivity contribution is 0.171. The fourth-order valence-corrected chi connectivity index (χ4v) is 2.45. The van der Waals surface area contributed by atoms with E-state index in [1.54, 1.807) is 6.07 Å². The fraction of sp³-hybridized carbons (Fsp3) is 0.250. The molecule has 0 bridgehead atoms. The highest BCUT2D eigenvalue weighted by Gasteiger charge is 2.11. The third-order valence-electron chi connectivity index (χ3n) is 3.25. The van der Waals surface area contributed by atoms with Gasteiger partial charge in [0.2, 0.25) is 0 Å². The van der Waals surface area contributed by atoms with Gasteiger partial charge in [-0.05, 0) is 51.3 Å². The molecule has 0 saturated carbocycles. The number of rotatable bonds is 4. The SMILES string of the molecule is Fc1cc(CNCc2ccc3c(c2)OCCO3)ccc1Br. The first kappa shape index (κ1) is 14.4. The Balaban J connectivity index is 1.58. The number of hydrogen-bond donors (Lipinski definition) is 1. The second-order valence-corrected chi connectivity index (χ2v) is 5.68. The van der Waals surface area contributed by atoms with Gasteiger partial charge in [-0.25, -0.2) is 4.39 Å². The van der Waals surface area contributed by atoms with Crippen molar-refractivity contribution in [3.8, 4) is 11.5 Å². The molecule has 0 radical (unpaired) electrons. The average Bonchev–Trinajstić information content (AvgIpc) is 2.51. The Bertz CT molecular complexity index is 648. The number of nitrogens with one attached hydrogen (secondary N) is 1. The molecule has 0 unspecified atom stereocenters. The van der Waals surface area contributed by atoms with E-state index >= 15 is 0 Å². The molecule has 1 aliphatic rings. The van der Waals surface area contributed by atoms with Crippen LogP contribution in [-0.4, -0.2) is 13.2 Å². The molecule has 0 fully saturated rings. The molecule has 0 aliphatic carbocycles. The number of halogens is 2. The van der Waals surface area contributed by atoms with E-state index in [1.165, 1.54) is 6.07 Å². The fourth-order valence-electron chi connectivity index (χ4n) is 2.20. The van der Waals surface area contributed by atoms with Crippen LogP contribution in [0.3, 0.4) is 0 Å². The summed E-state index contributed by atoms with van der Waals surface area (Å²) < 4.78 is 24.9. The first-order valence-electron chi connectivity index (χ1n) is 6.75. The molecule has 110 valence electrons. The summed E-state index contributed by atoms with van der Waals surface area (Å²) in [5, 5.41) is 3.29. The van der Waals surface area contributed by atoms with Crippen LogP contribution >= 0.6 is 15.9 Å². The second-order valence-electron chi connectivity index (χ2n) is 4.83. The Morgan fingerprint density at radius 3 is 2.38 bits per heavy atom. The molecule has 1 N–H and O–H groups in total. The van der Waals surface area contributed by atoms with Crippen LogP contribution in [-0.2, 0) is 13.1 Å². The molecule has 0 aromatic heterocycles. The minimum atomic E-state index is -0.242. The van der Waals surface area contributed by atoms with Crippen LogP contribution in [0.25, 0.3) is 0 Å². The first-order valence-corrected chi connectivity index (χ1v) is 7.55. The summed E-state index contributed by atoms with van der Waals surface area (Å²) in [5.74, 6) is 1.34. The van der Waals surface area contributed by atoms with Crippen LogP contribution in [0.15, 0.2) is 40.9 Å². The normalized spacial score (nSPS) is 13.2. The summed E-state index contributed by atoms with van der Waals surface area (Å²) in [5.41, 5.74) is 2.02. The van der Waals surface area contributed by atoms with Crippen LogP contribution in [0.2, 0.25) is 0 Å². The van der Waals surface area contributed by atoms with Crippen LogP contribution in [0, 0.1) is 5.82 Å². The average molecular weight is 352 g/mol. The minimum absolute atomic E-state index is 0.242. The van der Waals surface area contributed by atoms with Crippen molar-refractivity contribution in [1.29, 1.82) is 0 Å². The van der Waals surface area contributed by atoms with Crippen molar-refractivity contribution in [2.45, 2.75) is 13.1 Å². The maximum atomic E-state index is 13.4. The van der Waals surface area contributed by atoms with Crippen molar-refractivity contribution in [1.82, 2.24) is 5.32 Å². The van der Waals surface area contributed by atoms with E-state index in [0.29, 0.717) is 30.8 Å². The molecule has 0 atom stereocenters. The summed E-state index contributed by atoms with van der Waals surface area (Å²) >= 11 is 3.15. The monoisotopic (exact) mass is 351 g/mol. The van der Waals surface area contributed by atoms with Gasteiger partial charge in [0.25, 0.3) is 0 Å². The summed E-state index contributed by atoms with van der Waals surface area (Å²) in [6.45, 7) is 2.48. The van der Waals surface area contributed by atoms with E-state index in [-0.39, 0.29) is 5.82 Å². The standard InChI is InChI=1S/C16H15BrFNO2/c17-13-3-1-11(7-14(13)18)9-19-10-12-2-4-15-16(8-12)21-6-5-20-15/h1-4,7-8,19H,5-6,9-10H2. The van der Waals surface area contributed by atoms with Gasteiger partial charge in [0.1, 0.15) is 19.0 Å². The largest absolute Gasteiger partial charge is 0.486 e. The molecular weight excluding hydrogens is 337 g/mol. The van der Waals surface area contributed by atoms with Gasteiger partial charge in [0.05, 0.1) is 4.47 Å². The van der Waals surface area contributed by atoms with E-state index in [9.17, 15) is 4.39 Å². The Labute approximate surface area is 131 Å². The van der Waals surface area contributed by atoms with Crippen LogP contribution in [0.1, 0.15) is 11.1 Å². The molecule has 3 nitrogen and oxygen atoms in total. The second kappa shape index (κ2) is 6.45. The van der Waals surface area contributed by atoms with E-state index in [2.05, 4.69) is 21.2 Å². The predicted octanol–water partition coefficient (Wildman–Crippen LogP) is 3.65. The Hall–Kier alpha value is -1.59. The molecule has 0 amide bonds. The summed E-state index contributed by atoms with van der Waals surface area (Å²) in [4.78, 5) is 0. The zero-order valence-corrected chi connectivity index (χ0v) is 13.0. The number of hydrogen-bond acceptors (Lipinski definition) is 3. The van der Waals surface area contributed by atoms with E-state index < -0.39 is 0 Å². The minimum Gasteiger partial charge on any atom is -0.486 e. The molecule has 2 aromatic rings. The van der Waals surface area contributed by atoms with Gasteiger partial charge in [-0.3, -0.25) is 0 Å². The maximum absolute atomic E-state index is 13.4. The molecule has 1 aliphatic heterocycles. The maximum Gasteiger partial charge on any atom is 0.161 e. The third kappa shape index (κ3) is 3.54. The van der Waals surface area contributed by atoms with Gasteiger partial charge in [-0.15, -0.1) is 0 Å². The van der Waals surface area contributed by atoms with E-state index in [4.69, 9.17) is 9.47 Å². The zero-order valence-electron chi connectivity index (χ0n) is 11.4. The molecule has 1 heterocycles. The molecule has 2 aromatic carbocycles. The smallest absolute Gasteiger partial charge is 0.161 e. The zero-order chi connectivity index (χ0) is 14.7. The molecular formula is C16H15BrFNO2. The first-order chi connectivity index (χ1) is 10.2. The topological polar surface area (TPSA) is 30.5 Å². The molecule has 3 rings (SSSR count). The molecule has 21 heavy (non-hydrogen) atoms. The number of ether oxygens (including phenoxy) is 2. The van der Waals surface area contributed by atoms with Gasteiger partial charge >= 0.3 is 0 Å². The number of benzene rings is 2. The van der Waals surface area contributed by atoms with E-state index in [0.717, 1.165) is 22.6 Å². The Morgan fingerprint density at radius 2 is 1.62 bits per heavy atom. The highest BCUT2D eigenvalue weighted by atomic mass is 79.9. The lowest BCUT2D eigenvalue weighted by Crippen LogP contribution is -2.16. The molecule has 0 saturated heterocycles. The van der Waals surface area contributed by atoms with Crippen LogP contribution in [0.5, 0.6) is 11.5 Å². The highest BCUT2D eigenvalue weighted by Crippen LogP contribution is 2.30. The predicted molar refractivity (Wildman–Crippen MR) is 82.1 cm³/mol. The summed E-state index contributed by atoms with van der Waals surface area (Å²) in [6, 6.07) is 11.0. The third-order valence-corrected chi connectivity index (χ3v) is 3.89. The van der Waals surface area contributed by atoms with Crippen molar-refractivity contribution in [3.05, 3.63) is 57.8 Å². The Morgan fingerprint density at radius 1 is 0.952 bits per heavy atom. The van der Waals surface area contributed by atoms with Crippen LogP contribution in [0.4, 0.5) is 4.39 Å². The van der Waals surface area contributed by atoms with Crippen molar-refractivity contribution in [2.75, 3.05) is 13.2 Å².